The smallest absolute Gasteiger partial charge is 0.147 e. The first-order chi connectivity index (χ1) is 6.13. The van der Waals surface area contributed by atoms with Gasteiger partial charge in [0.25, 0.3) is 0 Å². The molecule has 0 bridgehead atoms. The van der Waals surface area contributed by atoms with Crippen LogP contribution in [-0.2, 0) is 10.3 Å². The van der Waals surface area contributed by atoms with Crippen LogP contribution in [-0.4, -0.2) is 13.2 Å². The maximum absolute atomic E-state index is 13.5. The van der Waals surface area contributed by atoms with Gasteiger partial charge in [-0.25, -0.2) is 4.39 Å². The van der Waals surface area contributed by atoms with Gasteiger partial charge in [0.05, 0.1) is 23.8 Å². The lowest BCUT2D eigenvalue weighted by Crippen LogP contribution is -2.54. The molecule has 0 radical (unpaired) electrons. The van der Waals surface area contributed by atoms with Crippen molar-refractivity contribution in [3.8, 4) is 0 Å². The molecule has 1 aliphatic heterocycles. The van der Waals surface area contributed by atoms with Gasteiger partial charge in [0, 0.05) is 5.56 Å². The van der Waals surface area contributed by atoms with Gasteiger partial charge in [-0.2, -0.15) is 0 Å². The van der Waals surface area contributed by atoms with Gasteiger partial charge < -0.3 is 10.5 Å². The molecule has 1 heterocycles. The van der Waals surface area contributed by atoms with Gasteiger partial charge in [0.2, 0.25) is 0 Å². The molecule has 2 N–H and O–H groups in total. The summed E-state index contributed by atoms with van der Waals surface area (Å²) in [7, 11) is 0. The van der Waals surface area contributed by atoms with E-state index in [1.165, 1.54) is 6.07 Å². The topological polar surface area (TPSA) is 35.2 Å². The summed E-state index contributed by atoms with van der Waals surface area (Å²) in [6.45, 7) is 0.703. The molecule has 1 fully saturated rings. The molecule has 0 amide bonds. The van der Waals surface area contributed by atoms with Crippen LogP contribution in [0.2, 0.25) is 5.02 Å². The van der Waals surface area contributed by atoms with Gasteiger partial charge in [-0.1, -0.05) is 23.7 Å². The molecule has 0 saturated carbocycles. The zero-order valence-electron chi connectivity index (χ0n) is 6.89. The Morgan fingerprint density at radius 3 is 2.69 bits per heavy atom. The van der Waals surface area contributed by atoms with Crippen LogP contribution in [0, 0.1) is 5.82 Å². The second-order valence-corrected chi connectivity index (χ2v) is 3.66. The van der Waals surface area contributed by atoms with Crippen molar-refractivity contribution in [2.24, 2.45) is 5.73 Å². The zero-order valence-corrected chi connectivity index (χ0v) is 7.64. The van der Waals surface area contributed by atoms with Gasteiger partial charge in [-0.15, -0.1) is 0 Å². The molecule has 2 nitrogen and oxygen atoms in total. The molecule has 1 saturated heterocycles. The maximum Gasteiger partial charge on any atom is 0.147 e. The van der Waals surface area contributed by atoms with Crippen molar-refractivity contribution in [2.75, 3.05) is 13.2 Å². The van der Waals surface area contributed by atoms with Crippen LogP contribution in [0.5, 0.6) is 0 Å². The lowest BCUT2D eigenvalue weighted by Gasteiger charge is -2.38. The minimum atomic E-state index is -0.686. The first-order valence-corrected chi connectivity index (χ1v) is 4.32. The molecule has 1 aromatic carbocycles. The van der Waals surface area contributed by atoms with E-state index >= 15 is 0 Å². The SMILES string of the molecule is NC1(c2cccc(Cl)c2F)COC1. The molecule has 13 heavy (non-hydrogen) atoms. The second-order valence-electron chi connectivity index (χ2n) is 3.25. The Bertz CT molecular complexity index is 338. The third kappa shape index (κ3) is 1.33. The zero-order chi connectivity index (χ0) is 9.47. The van der Waals surface area contributed by atoms with E-state index in [0.717, 1.165) is 0 Å². The van der Waals surface area contributed by atoms with E-state index < -0.39 is 11.4 Å². The molecule has 0 aromatic heterocycles. The van der Waals surface area contributed by atoms with Gasteiger partial charge in [0.15, 0.2) is 0 Å². The number of nitrogens with two attached hydrogens (primary N) is 1. The molecule has 70 valence electrons. The van der Waals surface area contributed by atoms with E-state index in [1.54, 1.807) is 12.1 Å². The number of halogens is 2. The second kappa shape index (κ2) is 2.94. The average Bonchev–Trinajstić information content (AvgIpc) is 2.06. The van der Waals surface area contributed by atoms with Crippen molar-refractivity contribution in [3.63, 3.8) is 0 Å². The monoisotopic (exact) mass is 201 g/mol. The predicted octanol–water partition coefficient (Wildman–Crippen LogP) is 1.66. The lowest BCUT2D eigenvalue weighted by molar-refractivity contribution is -0.0584. The van der Waals surface area contributed by atoms with Crippen LogP contribution in [0.25, 0.3) is 0 Å². The van der Waals surface area contributed by atoms with E-state index in [-0.39, 0.29) is 5.02 Å². The Labute approximate surface area is 80.4 Å². The van der Waals surface area contributed by atoms with E-state index in [4.69, 9.17) is 22.1 Å². The number of hydrogen-bond donors (Lipinski definition) is 1. The fourth-order valence-electron chi connectivity index (χ4n) is 1.37. The van der Waals surface area contributed by atoms with Crippen LogP contribution >= 0.6 is 11.6 Å². The van der Waals surface area contributed by atoms with E-state index in [1.807, 2.05) is 0 Å². The molecule has 0 spiro atoms. The van der Waals surface area contributed by atoms with Crippen molar-refractivity contribution in [1.29, 1.82) is 0 Å². The molecule has 1 aromatic rings. The summed E-state index contributed by atoms with van der Waals surface area (Å²) in [5.74, 6) is -0.435. The summed E-state index contributed by atoms with van der Waals surface area (Å²) < 4.78 is 18.4. The number of benzene rings is 1. The Balaban J connectivity index is 2.45. The van der Waals surface area contributed by atoms with Gasteiger partial charge in [-0.05, 0) is 6.07 Å². The fourth-order valence-corrected chi connectivity index (χ4v) is 1.54. The van der Waals surface area contributed by atoms with Crippen LogP contribution in [0.4, 0.5) is 4.39 Å². The molecule has 4 heteroatoms. The summed E-state index contributed by atoms with van der Waals surface area (Å²) in [6.07, 6.45) is 0. The quantitative estimate of drug-likeness (QED) is 0.750. The van der Waals surface area contributed by atoms with Gasteiger partial charge in [0.1, 0.15) is 5.82 Å². The summed E-state index contributed by atoms with van der Waals surface area (Å²) in [5, 5.41) is 0.106. The fraction of sp³-hybridized carbons (Fsp3) is 0.333. The highest BCUT2D eigenvalue weighted by Crippen LogP contribution is 2.31. The Morgan fingerprint density at radius 2 is 2.15 bits per heavy atom. The third-order valence-corrected chi connectivity index (χ3v) is 2.50. The highest BCUT2D eigenvalue weighted by Gasteiger charge is 2.38. The highest BCUT2D eigenvalue weighted by atomic mass is 35.5. The molecular formula is C9H9ClFNO. The Morgan fingerprint density at radius 1 is 1.46 bits per heavy atom. The first kappa shape index (κ1) is 8.94. The molecule has 2 rings (SSSR count). The first-order valence-electron chi connectivity index (χ1n) is 3.95. The van der Waals surface area contributed by atoms with E-state index in [2.05, 4.69) is 0 Å². The summed E-state index contributed by atoms with van der Waals surface area (Å²) in [5.41, 5.74) is 5.62. The number of rotatable bonds is 1. The van der Waals surface area contributed by atoms with E-state index in [0.29, 0.717) is 18.8 Å². The average molecular weight is 202 g/mol. The molecule has 0 unspecified atom stereocenters. The standard InChI is InChI=1S/C9H9ClFNO/c10-7-3-1-2-6(8(7)11)9(12)4-13-5-9/h1-3H,4-5,12H2. The highest BCUT2D eigenvalue weighted by molar-refractivity contribution is 6.30. The van der Waals surface area contributed by atoms with Crippen LogP contribution in [0.3, 0.4) is 0 Å². The van der Waals surface area contributed by atoms with Crippen molar-refractivity contribution in [2.45, 2.75) is 5.54 Å². The van der Waals surface area contributed by atoms with Crippen LogP contribution < -0.4 is 5.73 Å². The number of hydrogen-bond acceptors (Lipinski definition) is 2. The minimum absolute atomic E-state index is 0.106. The van der Waals surface area contributed by atoms with Gasteiger partial charge >= 0.3 is 0 Å². The lowest BCUT2D eigenvalue weighted by atomic mass is 9.89. The normalized spacial score (nSPS) is 19.6. The van der Waals surface area contributed by atoms with Crippen LogP contribution in [0.15, 0.2) is 18.2 Å². The van der Waals surface area contributed by atoms with Crippen molar-refractivity contribution in [3.05, 3.63) is 34.6 Å². The van der Waals surface area contributed by atoms with Crippen molar-refractivity contribution < 1.29 is 9.13 Å². The Kier molecular flexibility index (Phi) is 2.02. The molecule has 0 aliphatic carbocycles. The summed E-state index contributed by atoms with van der Waals surface area (Å²) in [6, 6.07) is 4.83. The largest absolute Gasteiger partial charge is 0.377 e. The molecular weight excluding hydrogens is 193 g/mol. The van der Waals surface area contributed by atoms with Gasteiger partial charge in [-0.3, -0.25) is 0 Å². The predicted molar refractivity (Wildman–Crippen MR) is 48.1 cm³/mol. The summed E-state index contributed by atoms with van der Waals surface area (Å²) in [4.78, 5) is 0. The minimum Gasteiger partial charge on any atom is -0.377 e. The molecule has 0 atom stereocenters. The van der Waals surface area contributed by atoms with Crippen molar-refractivity contribution in [1.82, 2.24) is 0 Å². The van der Waals surface area contributed by atoms with Crippen LogP contribution in [0.1, 0.15) is 5.56 Å². The van der Waals surface area contributed by atoms with E-state index in [9.17, 15) is 4.39 Å². The maximum atomic E-state index is 13.5. The summed E-state index contributed by atoms with van der Waals surface area (Å²) >= 11 is 5.63. The third-order valence-electron chi connectivity index (χ3n) is 2.21. The number of ether oxygens (including phenoxy) is 1. The van der Waals surface area contributed by atoms with Crippen molar-refractivity contribution >= 4 is 11.6 Å². The molecule has 1 aliphatic rings. The Hall–Kier alpha value is -0.640.